The standard InChI is InChI=1S/C17H21FN2O/c1-17(2,13-7-5-4-6-8-13)16(20-19)12-9-10-15(21-3)14(18)11-12/h4-11,16,20H,19H2,1-3H3. The maximum absolute atomic E-state index is 13.9. The summed E-state index contributed by atoms with van der Waals surface area (Å²) in [6.07, 6.45) is 0. The third-order valence-corrected chi connectivity index (χ3v) is 3.92. The predicted octanol–water partition coefficient (Wildman–Crippen LogP) is 3.32. The van der Waals surface area contributed by atoms with Crippen molar-refractivity contribution in [3.8, 4) is 5.75 Å². The van der Waals surface area contributed by atoms with E-state index in [1.54, 1.807) is 6.07 Å². The van der Waals surface area contributed by atoms with E-state index in [4.69, 9.17) is 10.6 Å². The molecule has 0 fully saturated rings. The van der Waals surface area contributed by atoms with Gasteiger partial charge in [-0.15, -0.1) is 0 Å². The highest BCUT2D eigenvalue weighted by atomic mass is 19.1. The Morgan fingerprint density at radius 1 is 1.14 bits per heavy atom. The maximum atomic E-state index is 13.9. The smallest absolute Gasteiger partial charge is 0.165 e. The highest BCUT2D eigenvalue weighted by Gasteiger charge is 2.32. The average Bonchev–Trinajstić information content (AvgIpc) is 2.49. The minimum atomic E-state index is -0.390. The molecule has 0 spiro atoms. The van der Waals surface area contributed by atoms with E-state index in [0.29, 0.717) is 0 Å². The van der Waals surface area contributed by atoms with Crippen LogP contribution in [0.4, 0.5) is 4.39 Å². The van der Waals surface area contributed by atoms with Crippen LogP contribution in [0.15, 0.2) is 48.5 Å². The van der Waals surface area contributed by atoms with Crippen LogP contribution < -0.4 is 16.0 Å². The molecule has 1 atom stereocenters. The highest BCUT2D eigenvalue weighted by Crippen LogP contribution is 2.37. The van der Waals surface area contributed by atoms with Gasteiger partial charge in [0.25, 0.3) is 0 Å². The van der Waals surface area contributed by atoms with Crippen molar-refractivity contribution in [1.82, 2.24) is 5.43 Å². The minimum Gasteiger partial charge on any atom is -0.494 e. The summed E-state index contributed by atoms with van der Waals surface area (Å²) in [5, 5.41) is 0. The molecule has 2 aromatic rings. The Morgan fingerprint density at radius 2 is 1.81 bits per heavy atom. The summed E-state index contributed by atoms with van der Waals surface area (Å²) in [6.45, 7) is 4.16. The summed E-state index contributed by atoms with van der Waals surface area (Å²) < 4.78 is 18.9. The number of hydrogen-bond donors (Lipinski definition) is 2. The molecule has 0 saturated heterocycles. The van der Waals surface area contributed by atoms with E-state index in [0.717, 1.165) is 11.1 Å². The van der Waals surface area contributed by atoms with Crippen LogP contribution in [-0.2, 0) is 5.41 Å². The third-order valence-electron chi connectivity index (χ3n) is 3.92. The first kappa shape index (κ1) is 15.5. The van der Waals surface area contributed by atoms with Crippen LogP contribution in [0.5, 0.6) is 5.75 Å². The van der Waals surface area contributed by atoms with Crippen LogP contribution in [0.25, 0.3) is 0 Å². The van der Waals surface area contributed by atoms with E-state index in [9.17, 15) is 4.39 Å². The zero-order chi connectivity index (χ0) is 15.5. The van der Waals surface area contributed by atoms with Gasteiger partial charge in [0.15, 0.2) is 11.6 Å². The molecule has 0 bridgehead atoms. The SMILES string of the molecule is COc1ccc(C(NN)C(C)(C)c2ccccc2)cc1F. The Kier molecular flexibility index (Phi) is 4.60. The van der Waals surface area contributed by atoms with E-state index >= 15 is 0 Å². The fourth-order valence-corrected chi connectivity index (χ4v) is 2.62. The molecule has 112 valence electrons. The molecular weight excluding hydrogens is 267 g/mol. The van der Waals surface area contributed by atoms with Crippen molar-refractivity contribution in [2.24, 2.45) is 5.84 Å². The molecule has 3 nitrogen and oxygen atoms in total. The van der Waals surface area contributed by atoms with Crippen LogP contribution >= 0.6 is 0 Å². The summed E-state index contributed by atoms with van der Waals surface area (Å²) in [6, 6.07) is 14.7. The first-order chi connectivity index (χ1) is 10.0. The normalized spacial score (nSPS) is 13.0. The third kappa shape index (κ3) is 3.06. The van der Waals surface area contributed by atoms with Crippen molar-refractivity contribution in [2.75, 3.05) is 7.11 Å². The highest BCUT2D eigenvalue weighted by molar-refractivity contribution is 5.35. The summed E-state index contributed by atoms with van der Waals surface area (Å²) in [5.74, 6) is 5.58. The van der Waals surface area contributed by atoms with Crippen LogP contribution in [0.2, 0.25) is 0 Å². The fourth-order valence-electron chi connectivity index (χ4n) is 2.62. The van der Waals surface area contributed by atoms with Gasteiger partial charge < -0.3 is 4.74 Å². The largest absolute Gasteiger partial charge is 0.494 e. The Labute approximate surface area is 124 Å². The number of halogens is 1. The molecular formula is C17H21FN2O. The molecule has 21 heavy (non-hydrogen) atoms. The van der Waals surface area contributed by atoms with E-state index < -0.39 is 0 Å². The summed E-state index contributed by atoms with van der Waals surface area (Å²) in [4.78, 5) is 0. The second kappa shape index (κ2) is 6.24. The maximum Gasteiger partial charge on any atom is 0.165 e. The number of methoxy groups -OCH3 is 1. The van der Waals surface area contributed by atoms with Gasteiger partial charge in [0.05, 0.1) is 13.2 Å². The first-order valence-electron chi connectivity index (χ1n) is 6.85. The van der Waals surface area contributed by atoms with Gasteiger partial charge in [-0.2, -0.15) is 0 Å². The lowest BCUT2D eigenvalue weighted by molar-refractivity contribution is 0.348. The van der Waals surface area contributed by atoms with Crippen LogP contribution in [0.3, 0.4) is 0 Å². The fraction of sp³-hybridized carbons (Fsp3) is 0.294. The van der Waals surface area contributed by atoms with E-state index in [1.165, 1.54) is 13.2 Å². The lowest BCUT2D eigenvalue weighted by atomic mass is 9.75. The minimum absolute atomic E-state index is 0.222. The molecule has 4 heteroatoms. The van der Waals surface area contributed by atoms with Gasteiger partial charge >= 0.3 is 0 Å². The topological polar surface area (TPSA) is 47.3 Å². The molecule has 0 amide bonds. The quantitative estimate of drug-likeness (QED) is 0.655. The number of hydrogen-bond acceptors (Lipinski definition) is 3. The Morgan fingerprint density at radius 3 is 2.33 bits per heavy atom. The molecule has 0 heterocycles. The monoisotopic (exact) mass is 288 g/mol. The van der Waals surface area contributed by atoms with Gasteiger partial charge in [-0.25, -0.2) is 4.39 Å². The van der Waals surface area contributed by atoms with Crippen molar-refractivity contribution in [3.05, 3.63) is 65.5 Å². The molecule has 0 aromatic heterocycles. The van der Waals surface area contributed by atoms with Crippen molar-refractivity contribution in [2.45, 2.75) is 25.3 Å². The molecule has 0 aliphatic heterocycles. The Bertz CT molecular complexity index is 599. The number of rotatable bonds is 5. The van der Waals surface area contributed by atoms with Crippen LogP contribution in [0.1, 0.15) is 31.0 Å². The predicted molar refractivity (Wildman–Crippen MR) is 82.5 cm³/mol. The number of ether oxygens (including phenoxy) is 1. The van der Waals surface area contributed by atoms with Crippen molar-refractivity contribution in [3.63, 3.8) is 0 Å². The van der Waals surface area contributed by atoms with E-state index in [1.807, 2.05) is 36.4 Å². The molecule has 0 saturated carbocycles. The van der Waals surface area contributed by atoms with Gasteiger partial charge in [0.2, 0.25) is 0 Å². The summed E-state index contributed by atoms with van der Waals surface area (Å²) in [5.41, 5.74) is 4.43. The molecule has 3 N–H and O–H groups in total. The zero-order valence-electron chi connectivity index (χ0n) is 12.6. The van der Waals surface area contributed by atoms with E-state index in [2.05, 4.69) is 19.3 Å². The second-order valence-corrected chi connectivity index (χ2v) is 5.58. The Balaban J connectivity index is 2.41. The molecule has 2 rings (SSSR count). The van der Waals surface area contributed by atoms with Gasteiger partial charge in [0, 0.05) is 5.41 Å². The molecule has 1 unspecified atom stereocenters. The van der Waals surface area contributed by atoms with E-state index in [-0.39, 0.29) is 23.0 Å². The van der Waals surface area contributed by atoms with Gasteiger partial charge in [0.1, 0.15) is 0 Å². The molecule has 0 aliphatic rings. The zero-order valence-corrected chi connectivity index (χ0v) is 12.6. The molecule has 0 radical (unpaired) electrons. The van der Waals surface area contributed by atoms with Crippen molar-refractivity contribution >= 4 is 0 Å². The van der Waals surface area contributed by atoms with Gasteiger partial charge in [-0.1, -0.05) is 50.2 Å². The molecule has 2 aromatic carbocycles. The summed E-state index contributed by atoms with van der Waals surface area (Å²) >= 11 is 0. The van der Waals surface area contributed by atoms with Crippen molar-refractivity contribution < 1.29 is 9.13 Å². The number of benzene rings is 2. The van der Waals surface area contributed by atoms with Crippen LogP contribution in [0, 0.1) is 5.82 Å². The van der Waals surface area contributed by atoms with Gasteiger partial charge in [-0.3, -0.25) is 11.3 Å². The first-order valence-corrected chi connectivity index (χ1v) is 6.85. The summed E-state index contributed by atoms with van der Waals surface area (Å²) in [7, 11) is 1.45. The number of hydrazine groups is 1. The lowest BCUT2D eigenvalue weighted by Gasteiger charge is -2.35. The lowest BCUT2D eigenvalue weighted by Crippen LogP contribution is -2.41. The van der Waals surface area contributed by atoms with Crippen LogP contribution in [-0.4, -0.2) is 7.11 Å². The van der Waals surface area contributed by atoms with Crippen molar-refractivity contribution in [1.29, 1.82) is 0 Å². The second-order valence-electron chi connectivity index (χ2n) is 5.58. The number of nitrogens with two attached hydrogens (primary N) is 1. The molecule has 0 aliphatic carbocycles. The Hall–Kier alpha value is -1.91. The number of nitrogens with one attached hydrogen (secondary N) is 1. The van der Waals surface area contributed by atoms with Gasteiger partial charge in [-0.05, 0) is 23.3 Å². The average molecular weight is 288 g/mol.